The van der Waals surface area contributed by atoms with Gasteiger partial charge in [-0.05, 0) is 6.92 Å². The number of hydrogen-bond acceptors (Lipinski definition) is 4. The van der Waals surface area contributed by atoms with Gasteiger partial charge in [-0.25, -0.2) is 9.59 Å². The van der Waals surface area contributed by atoms with Gasteiger partial charge in [-0.1, -0.05) is 29.8 Å². The summed E-state index contributed by atoms with van der Waals surface area (Å²) >= 11 is 10.4. The van der Waals surface area contributed by atoms with E-state index in [4.69, 9.17) is 23.2 Å². The number of rotatable bonds is 4. The van der Waals surface area contributed by atoms with Gasteiger partial charge in [0.25, 0.3) is 0 Å². The number of ether oxygens (including phenoxy) is 2. The third-order valence-corrected chi connectivity index (χ3v) is 1.44. The van der Waals surface area contributed by atoms with Crippen molar-refractivity contribution in [3.63, 3.8) is 0 Å². The molecule has 80 valence electrons. The minimum atomic E-state index is -1.29. The molecule has 0 amide bonds. The molecule has 1 unspecified atom stereocenters. The average Bonchev–Trinajstić information content (AvgIpc) is 2.03. The lowest BCUT2D eigenvalue weighted by Gasteiger charge is -2.13. The number of carbonyl (C=O) groups is 2. The van der Waals surface area contributed by atoms with Gasteiger partial charge in [-0.3, -0.25) is 0 Å². The maximum Gasteiger partial charge on any atom is 0.342 e. The summed E-state index contributed by atoms with van der Waals surface area (Å²) in [7, 11) is 0. The van der Waals surface area contributed by atoms with Crippen LogP contribution in [0.15, 0.2) is 12.2 Å². The van der Waals surface area contributed by atoms with E-state index in [2.05, 4.69) is 16.1 Å². The van der Waals surface area contributed by atoms with Crippen LogP contribution in [0.1, 0.15) is 13.8 Å². The molecule has 0 aromatic carbocycles. The van der Waals surface area contributed by atoms with Gasteiger partial charge >= 0.3 is 11.9 Å². The first-order valence-electron chi connectivity index (χ1n) is 3.69. The average molecular weight is 241 g/mol. The molecular weight excluding hydrogens is 231 g/mol. The summed E-state index contributed by atoms with van der Waals surface area (Å²) < 4.78 is 9.18. The maximum absolute atomic E-state index is 10.9. The van der Waals surface area contributed by atoms with Gasteiger partial charge in [0.05, 0.1) is 0 Å². The Morgan fingerprint density at radius 2 is 1.79 bits per heavy atom. The topological polar surface area (TPSA) is 52.6 Å². The quantitative estimate of drug-likeness (QED) is 0.326. The van der Waals surface area contributed by atoms with Crippen molar-refractivity contribution >= 4 is 35.1 Å². The first-order chi connectivity index (χ1) is 6.34. The monoisotopic (exact) mass is 240 g/mol. The van der Waals surface area contributed by atoms with E-state index in [1.807, 2.05) is 0 Å². The zero-order valence-electron chi connectivity index (χ0n) is 7.75. The van der Waals surface area contributed by atoms with Crippen molar-refractivity contribution in [1.29, 1.82) is 0 Å². The van der Waals surface area contributed by atoms with E-state index in [0.29, 0.717) is 0 Å². The summed E-state index contributed by atoms with van der Waals surface area (Å²) in [6.07, 6.45) is -1.04. The van der Waals surface area contributed by atoms with Gasteiger partial charge in [0.15, 0.2) is 0 Å². The second-order valence-electron chi connectivity index (χ2n) is 2.49. The van der Waals surface area contributed by atoms with E-state index in [9.17, 15) is 9.59 Å². The predicted octanol–water partition coefficient (Wildman–Crippen LogP) is 1.80. The van der Waals surface area contributed by atoms with E-state index in [1.165, 1.54) is 13.8 Å². The fourth-order valence-electron chi connectivity index (χ4n) is 0.490. The molecule has 0 heterocycles. The smallest absolute Gasteiger partial charge is 0.342 e. The Labute approximate surface area is 91.8 Å². The molecule has 0 spiro atoms. The summed E-state index contributed by atoms with van der Waals surface area (Å²) in [6, 6.07) is 0. The van der Waals surface area contributed by atoms with Crippen molar-refractivity contribution in [2.75, 3.05) is 0 Å². The molecule has 0 N–H and O–H groups in total. The second-order valence-corrected chi connectivity index (χ2v) is 3.59. The lowest BCUT2D eigenvalue weighted by Crippen LogP contribution is -2.24. The van der Waals surface area contributed by atoms with Crippen LogP contribution in [0.4, 0.5) is 0 Å². The molecule has 4 nitrogen and oxygen atoms in total. The van der Waals surface area contributed by atoms with E-state index < -0.39 is 23.1 Å². The highest BCUT2D eigenvalue weighted by Gasteiger charge is 2.19. The molecule has 0 aliphatic carbocycles. The van der Waals surface area contributed by atoms with Crippen LogP contribution >= 0.6 is 23.2 Å². The first kappa shape index (κ1) is 13.3. The molecule has 0 bridgehead atoms. The second kappa shape index (κ2) is 5.88. The van der Waals surface area contributed by atoms with Crippen LogP contribution in [0, 0.1) is 0 Å². The van der Waals surface area contributed by atoms with Crippen molar-refractivity contribution in [3.05, 3.63) is 12.2 Å². The largest absolute Gasteiger partial charge is 0.423 e. The molecule has 0 aromatic heterocycles. The summed E-state index contributed by atoms with van der Waals surface area (Å²) in [4.78, 5) is 20.4. The van der Waals surface area contributed by atoms with E-state index in [-0.39, 0.29) is 5.57 Å². The minimum Gasteiger partial charge on any atom is -0.423 e. The molecule has 0 saturated carbocycles. The van der Waals surface area contributed by atoms with Crippen LogP contribution in [0.5, 0.6) is 0 Å². The highest BCUT2D eigenvalue weighted by Crippen LogP contribution is 2.07. The van der Waals surface area contributed by atoms with Crippen molar-refractivity contribution < 1.29 is 19.1 Å². The van der Waals surface area contributed by atoms with E-state index in [0.717, 1.165) is 0 Å². The third kappa shape index (κ3) is 5.09. The molecule has 0 rings (SSSR count). The van der Waals surface area contributed by atoms with Crippen LogP contribution in [-0.2, 0) is 19.1 Å². The molecule has 0 saturated heterocycles. The first-order valence-corrected chi connectivity index (χ1v) is 4.57. The molecule has 0 aliphatic heterocycles. The van der Waals surface area contributed by atoms with Crippen LogP contribution in [0.3, 0.4) is 0 Å². The number of carbonyl (C=O) groups excluding carboxylic acids is 2. The van der Waals surface area contributed by atoms with Crippen LogP contribution in [-0.4, -0.2) is 23.1 Å². The van der Waals surface area contributed by atoms with E-state index >= 15 is 0 Å². The normalized spacial score (nSPS) is 12.1. The Hall–Kier alpha value is -0.740. The fraction of sp³-hybridized carbons (Fsp3) is 0.500. The highest BCUT2D eigenvalue weighted by atomic mass is 35.5. The lowest BCUT2D eigenvalue weighted by molar-refractivity contribution is -0.180. The summed E-state index contributed by atoms with van der Waals surface area (Å²) in [5.41, 5.74) is 0.209. The Morgan fingerprint density at radius 1 is 1.29 bits per heavy atom. The molecule has 14 heavy (non-hydrogen) atoms. The van der Waals surface area contributed by atoms with Gasteiger partial charge in [-0.2, -0.15) is 0 Å². The number of alkyl halides is 2. The standard InChI is InChI=1S/C8H10Cl2O4/c1-4(2)7(11)13-5(3)14-8(12)6(9)10/h5-6H,1H2,2-3H3. The van der Waals surface area contributed by atoms with Crippen LogP contribution in [0.2, 0.25) is 0 Å². The van der Waals surface area contributed by atoms with Crippen LogP contribution in [0.25, 0.3) is 0 Å². The van der Waals surface area contributed by atoms with Gasteiger partial charge in [0, 0.05) is 12.5 Å². The Bertz CT molecular complexity index is 250. The van der Waals surface area contributed by atoms with Gasteiger partial charge in [-0.15, -0.1) is 0 Å². The molecule has 0 radical (unpaired) electrons. The Balaban J connectivity index is 3.99. The zero-order chi connectivity index (χ0) is 11.3. The van der Waals surface area contributed by atoms with E-state index in [1.54, 1.807) is 0 Å². The zero-order valence-corrected chi connectivity index (χ0v) is 9.26. The molecule has 6 heteroatoms. The minimum absolute atomic E-state index is 0.209. The van der Waals surface area contributed by atoms with Crippen LogP contribution < -0.4 is 0 Å². The van der Waals surface area contributed by atoms with Crippen molar-refractivity contribution in [2.45, 2.75) is 25.0 Å². The summed E-state index contributed by atoms with van der Waals surface area (Å²) in [5, 5.41) is 0. The maximum atomic E-state index is 10.9. The Morgan fingerprint density at radius 3 is 2.14 bits per heavy atom. The summed E-state index contributed by atoms with van der Waals surface area (Å²) in [5.74, 6) is -1.51. The van der Waals surface area contributed by atoms with Crippen molar-refractivity contribution in [1.82, 2.24) is 0 Å². The third-order valence-electron chi connectivity index (χ3n) is 1.08. The number of halogens is 2. The molecular formula is C8H10Cl2O4. The molecule has 0 aliphatic rings. The lowest BCUT2D eigenvalue weighted by atomic mass is 10.4. The van der Waals surface area contributed by atoms with Gasteiger partial charge in [0.2, 0.25) is 11.1 Å². The van der Waals surface area contributed by atoms with Gasteiger partial charge < -0.3 is 9.47 Å². The summed E-state index contributed by atoms with van der Waals surface area (Å²) in [6.45, 7) is 6.20. The Kier molecular flexibility index (Phi) is 5.57. The van der Waals surface area contributed by atoms with Crippen molar-refractivity contribution in [3.8, 4) is 0 Å². The molecule has 0 fully saturated rings. The van der Waals surface area contributed by atoms with Gasteiger partial charge in [0.1, 0.15) is 0 Å². The SMILES string of the molecule is C=C(C)C(=O)OC(C)OC(=O)C(Cl)Cl. The fourth-order valence-corrected chi connectivity index (χ4v) is 0.593. The highest BCUT2D eigenvalue weighted by molar-refractivity contribution is 6.52. The molecule has 1 atom stereocenters. The molecule has 0 aromatic rings. The predicted molar refractivity (Wildman–Crippen MR) is 52.0 cm³/mol. The number of esters is 2. The number of hydrogen-bond donors (Lipinski definition) is 0. The van der Waals surface area contributed by atoms with Crippen molar-refractivity contribution in [2.24, 2.45) is 0 Å².